The Labute approximate surface area is 180 Å². The van der Waals surface area contributed by atoms with Crippen LogP contribution in [0.15, 0.2) is 29.3 Å². The number of hydrogen-bond donors (Lipinski definition) is 0. The Morgan fingerprint density at radius 3 is 2.29 bits per heavy atom. The third kappa shape index (κ3) is 3.53. The van der Waals surface area contributed by atoms with Gasteiger partial charge in [0.25, 0.3) is 0 Å². The largest absolute Gasteiger partial charge is 0.293 e. The summed E-state index contributed by atoms with van der Waals surface area (Å²) in [5.41, 5.74) is 0.841. The quantitative estimate of drug-likeness (QED) is 0.542. The highest BCUT2D eigenvalue weighted by Crippen LogP contribution is 2.51. The van der Waals surface area contributed by atoms with Gasteiger partial charge in [-0.05, 0) is 71.7 Å². The Morgan fingerprint density at radius 2 is 1.68 bits per heavy atom. The lowest BCUT2D eigenvalue weighted by atomic mass is 9.70. The van der Waals surface area contributed by atoms with Gasteiger partial charge in [-0.15, -0.1) is 0 Å². The smallest absolute Gasteiger partial charge is 0.128 e. The third-order valence-corrected chi connectivity index (χ3v) is 7.33. The topological polar surface area (TPSA) is 18.8 Å². The maximum absolute atomic E-state index is 6.67. The second kappa shape index (κ2) is 7.70. The van der Waals surface area contributed by atoms with Gasteiger partial charge in [0.2, 0.25) is 0 Å². The van der Waals surface area contributed by atoms with Crippen molar-refractivity contribution < 1.29 is 0 Å². The Morgan fingerprint density at radius 1 is 1.04 bits per heavy atom. The lowest BCUT2D eigenvalue weighted by Crippen LogP contribution is -2.50. The number of benzene rings is 1. The Bertz CT molecular complexity index is 770. The molecule has 5 heteroatoms. The molecule has 4 rings (SSSR count). The van der Waals surface area contributed by atoms with Crippen molar-refractivity contribution in [2.45, 2.75) is 77.3 Å². The van der Waals surface area contributed by atoms with Crippen molar-refractivity contribution in [1.82, 2.24) is 4.90 Å². The summed E-state index contributed by atoms with van der Waals surface area (Å²) in [6.07, 6.45) is 8.69. The van der Waals surface area contributed by atoms with E-state index in [4.69, 9.17) is 28.8 Å². The van der Waals surface area contributed by atoms with E-state index in [0.29, 0.717) is 0 Å². The number of hydrogen-bond acceptors (Lipinski definition) is 3. The molecule has 2 saturated heterocycles. The minimum atomic E-state index is -0.164. The van der Waals surface area contributed by atoms with Crippen molar-refractivity contribution >= 4 is 40.3 Å². The molecule has 28 heavy (non-hydrogen) atoms. The number of anilines is 1. The Balaban J connectivity index is 1.90. The van der Waals surface area contributed by atoms with Gasteiger partial charge >= 0.3 is 0 Å². The molecule has 3 aliphatic rings. The molecule has 2 aliphatic heterocycles. The maximum atomic E-state index is 6.67. The molecule has 0 bridgehead atoms. The number of likely N-dealkylation sites (tertiary alicyclic amines) is 1. The zero-order valence-corrected chi connectivity index (χ0v) is 19.0. The zero-order valence-electron chi connectivity index (χ0n) is 17.4. The monoisotopic (exact) mass is 417 g/mol. The first-order chi connectivity index (χ1) is 13.3. The fourth-order valence-corrected chi connectivity index (χ4v) is 6.04. The Hall–Kier alpha value is -0.970. The van der Waals surface area contributed by atoms with Crippen LogP contribution >= 0.6 is 23.8 Å². The molecule has 2 heterocycles. The fourth-order valence-electron chi connectivity index (χ4n) is 5.32. The number of halogens is 1. The number of nitrogens with zero attached hydrogens (tertiary/aromatic N) is 3. The summed E-state index contributed by atoms with van der Waals surface area (Å²) >= 11 is 12.9. The van der Waals surface area contributed by atoms with E-state index >= 15 is 0 Å². The molecule has 1 saturated carbocycles. The van der Waals surface area contributed by atoms with Crippen LogP contribution in [0.5, 0.6) is 0 Å². The molecular weight excluding hydrogens is 386 g/mol. The van der Waals surface area contributed by atoms with Gasteiger partial charge in [-0.25, -0.2) is 0 Å². The normalized spacial score (nSPS) is 27.3. The molecule has 0 amide bonds. The highest BCUT2D eigenvalue weighted by molar-refractivity contribution is 7.80. The van der Waals surface area contributed by atoms with Gasteiger partial charge in [0, 0.05) is 5.41 Å². The van der Waals surface area contributed by atoms with Crippen molar-refractivity contribution in [2.24, 2.45) is 10.4 Å². The van der Waals surface area contributed by atoms with Gasteiger partial charge in [-0.3, -0.25) is 14.8 Å². The number of aliphatic imine (C=N–C) groups is 1. The van der Waals surface area contributed by atoms with E-state index in [-0.39, 0.29) is 17.0 Å². The van der Waals surface area contributed by atoms with Gasteiger partial charge in [0.15, 0.2) is 0 Å². The zero-order chi connectivity index (χ0) is 19.9. The van der Waals surface area contributed by atoms with Crippen LogP contribution in [0.2, 0.25) is 5.02 Å². The van der Waals surface area contributed by atoms with E-state index in [1.807, 2.05) is 12.1 Å². The molecule has 0 radical (unpaired) electrons. The molecule has 1 aliphatic carbocycles. The second-order valence-corrected chi connectivity index (χ2v) is 10.4. The second-order valence-electron chi connectivity index (χ2n) is 9.60. The molecule has 3 nitrogen and oxygen atoms in total. The van der Waals surface area contributed by atoms with E-state index in [9.17, 15) is 0 Å². The summed E-state index contributed by atoms with van der Waals surface area (Å²) in [7, 11) is 0. The molecule has 1 unspecified atom stereocenters. The average Bonchev–Trinajstić information content (AvgIpc) is 3.23. The first-order valence-electron chi connectivity index (χ1n) is 10.8. The van der Waals surface area contributed by atoms with Gasteiger partial charge in [-0.1, -0.05) is 55.2 Å². The van der Waals surface area contributed by atoms with E-state index in [0.717, 1.165) is 47.5 Å². The summed E-state index contributed by atoms with van der Waals surface area (Å²) in [6.45, 7) is 8.84. The van der Waals surface area contributed by atoms with Crippen LogP contribution in [0, 0.1) is 5.41 Å². The van der Waals surface area contributed by atoms with Crippen LogP contribution in [0.3, 0.4) is 0 Å². The van der Waals surface area contributed by atoms with Crippen LogP contribution in [-0.4, -0.2) is 40.4 Å². The average molecular weight is 418 g/mol. The van der Waals surface area contributed by atoms with Crippen molar-refractivity contribution in [1.29, 1.82) is 0 Å². The van der Waals surface area contributed by atoms with Crippen LogP contribution in [-0.2, 0) is 0 Å². The maximum Gasteiger partial charge on any atom is 0.128 e. The van der Waals surface area contributed by atoms with Crippen LogP contribution < -0.4 is 4.90 Å². The summed E-state index contributed by atoms with van der Waals surface area (Å²) in [6, 6.07) is 8.37. The standard InChI is InChI=1S/C23H32ClN3S/c1-22(2,3)25-20-19(26-15-9-10-16-26)23(13-7-4-8-14-23)21(28)27(20)18-12-6-5-11-17(18)24/h5-6,11-12,19H,4,7-10,13-16H2,1-3H3. The molecule has 1 aromatic rings. The molecule has 0 aromatic heterocycles. The number of amidine groups is 1. The van der Waals surface area contributed by atoms with Gasteiger partial charge in [0.1, 0.15) is 5.84 Å². The number of thiocarbonyl (C=S) groups is 1. The van der Waals surface area contributed by atoms with Crippen molar-refractivity contribution in [2.75, 3.05) is 18.0 Å². The summed E-state index contributed by atoms with van der Waals surface area (Å²) in [4.78, 5) is 11.2. The minimum Gasteiger partial charge on any atom is -0.293 e. The van der Waals surface area contributed by atoms with E-state index in [1.165, 1.54) is 32.1 Å². The Kier molecular flexibility index (Phi) is 5.58. The molecule has 1 aromatic carbocycles. The summed E-state index contributed by atoms with van der Waals surface area (Å²) in [5.74, 6) is 1.12. The minimum absolute atomic E-state index is 0.0151. The first-order valence-corrected chi connectivity index (χ1v) is 11.5. The highest BCUT2D eigenvalue weighted by Gasteiger charge is 2.58. The molecular formula is C23H32ClN3S. The predicted octanol–water partition coefficient (Wildman–Crippen LogP) is 6.10. The molecule has 3 fully saturated rings. The number of rotatable bonds is 2. The van der Waals surface area contributed by atoms with E-state index in [1.54, 1.807) is 0 Å². The van der Waals surface area contributed by atoms with E-state index in [2.05, 4.69) is 42.7 Å². The van der Waals surface area contributed by atoms with Crippen LogP contribution in [0.4, 0.5) is 5.69 Å². The van der Waals surface area contributed by atoms with Gasteiger partial charge in [-0.2, -0.15) is 0 Å². The molecule has 0 N–H and O–H groups in total. The SMILES string of the molecule is CC(C)(C)N=C1C(N2CCCC2)C2(CCCCC2)C(=S)N1c1ccccc1Cl. The molecule has 1 atom stereocenters. The molecule has 152 valence electrons. The van der Waals surface area contributed by atoms with Gasteiger partial charge in [0.05, 0.1) is 27.3 Å². The van der Waals surface area contributed by atoms with Crippen molar-refractivity contribution in [3.8, 4) is 0 Å². The number of para-hydroxylation sites is 1. The lowest BCUT2D eigenvalue weighted by molar-refractivity contribution is 0.154. The summed E-state index contributed by atoms with van der Waals surface area (Å²) in [5, 5.41) is 0.750. The van der Waals surface area contributed by atoms with Gasteiger partial charge < -0.3 is 0 Å². The highest BCUT2D eigenvalue weighted by atomic mass is 35.5. The van der Waals surface area contributed by atoms with E-state index < -0.39 is 0 Å². The molecule has 1 spiro atoms. The first kappa shape index (κ1) is 20.3. The fraction of sp³-hybridized carbons (Fsp3) is 0.652. The summed E-state index contributed by atoms with van der Waals surface area (Å²) < 4.78 is 0. The third-order valence-electron chi connectivity index (χ3n) is 6.42. The van der Waals surface area contributed by atoms with Crippen LogP contribution in [0.25, 0.3) is 0 Å². The predicted molar refractivity (Wildman–Crippen MR) is 124 cm³/mol. The van der Waals surface area contributed by atoms with Crippen molar-refractivity contribution in [3.05, 3.63) is 29.3 Å². The lowest BCUT2D eigenvalue weighted by Gasteiger charge is -2.41. The van der Waals surface area contributed by atoms with Crippen LogP contribution in [0.1, 0.15) is 65.7 Å². The van der Waals surface area contributed by atoms with Crippen molar-refractivity contribution in [3.63, 3.8) is 0 Å².